The Labute approximate surface area is 141 Å². The fraction of sp³-hybridized carbons (Fsp3) is 0.294. The van der Waals surface area contributed by atoms with Crippen LogP contribution in [0.15, 0.2) is 47.4 Å². The molecule has 3 rings (SSSR count). The molecule has 1 aliphatic heterocycles. The molecule has 0 aromatic heterocycles. The average Bonchev–Trinajstić information content (AvgIpc) is 2.56. The molecule has 1 aliphatic rings. The van der Waals surface area contributed by atoms with Gasteiger partial charge in [-0.05, 0) is 49.6 Å². The summed E-state index contributed by atoms with van der Waals surface area (Å²) in [6.07, 6.45) is 1.68. The number of hydrogen-bond donors (Lipinski definition) is 0. The van der Waals surface area contributed by atoms with E-state index in [0.717, 1.165) is 24.1 Å². The second-order valence-corrected chi connectivity index (χ2v) is 7.60. The molecule has 0 aliphatic carbocycles. The highest BCUT2D eigenvalue weighted by atomic mass is 35.5. The third-order valence-electron chi connectivity index (χ3n) is 3.84. The molecular formula is C17H18ClNO3S. The van der Waals surface area contributed by atoms with Gasteiger partial charge >= 0.3 is 0 Å². The van der Waals surface area contributed by atoms with E-state index >= 15 is 0 Å². The van der Waals surface area contributed by atoms with Crippen LogP contribution < -0.4 is 9.04 Å². The number of halogens is 1. The smallest absolute Gasteiger partial charge is 0.268 e. The minimum atomic E-state index is -3.73. The number of nitrogens with zero attached hydrogens (tertiary/aromatic N) is 1. The summed E-state index contributed by atoms with van der Waals surface area (Å²) in [5, 5.41) is 0.373. The molecule has 0 saturated heterocycles. The normalized spacial score (nSPS) is 14.4. The lowest BCUT2D eigenvalue weighted by Crippen LogP contribution is -2.35. The van der Waals surface area contributed by atoms with Gasteiger partial charge in [-0.2, -0.15) is 0 Å². The summed E-state index contributed by atoms with van der Waals surface area (Å²) in [5.41, 5.74) is 1.78. The van der Waals surface area contributed by atoms with Gasteiger partial charge in [0.2, 0.25) is 0 Å². The molecule has 0 bridgehead atoms. The van der Waals surface area contributed by atoms with Crippen molar-refractivity contribution in [3.05, 3.63) is 53.1 Å². The predicted molar refractivity (Wildman–Crippen MR) is 91.9 cm³/mol. The van der Waals surface area contributed by atoms with E-state index in [2.05, 4.69) is 0 Å². The first-order valence-electron chi connectivity index (χ1n) is 7.57. The van der Waals surface area contributed by atoms with Gasteiger partial charge in [-0.3, -0.25) is 4.31 Å². The second kappa shape index (κ2) is 6.42. The highest BCUT2D eigenvalue weighted by Gasteiger charge is 2.31. The summed E-state index contributed by atoms with van der Waals surface area (Å²) in [5.74, 6) is 0.333. The van der Waals surface area contributed by atoms with Gasteiger partial charge in [-0.25, -0.2) is 8.42 Å². The molecular weight excluding hydrogens is 334 g/mol. The Morgan fingerprint density at radius 1 is 1.22 bits per heavy atom. The number of fused-ring (bicyclic) bond motifs is 1. The van der Waals surface area contributed by atoms with Crippen LogP contribution in [0.2, 0.25) is 5.02 Å². The maximum Gasteiger partial charge on any atom is 0.268 e. The largest absolute Gasteiger partial charge is 0.492 e. The maximum absolute atomic E-state index is 13.2. The first-order chi connectivity index (χ1) is 11.0. The van der Waals surface area contributed by atoms with E-state index in [1.807, 2.05) is 31.2 Å². The Kier molecular flexibility index (Phi) is 4.50. The van der Waals surface area contributed by atoms with Gasteiger partial charge in [0.15, 0.2) is 0 Å². The Morgan fingerprint density at radius 3 is 2.78 bits per heavy atom. The van der Waals surface area contributed by atoms with Gasteiger partial charge in [-0.15, -0.1) is 0 Å². The molecule has 0 saturated carbocycles. The van der Waals surface area contributed by atoms with E-state index < -0.39 is 10.0 Å². The highest BCUT2D eigenvalue weighted by molar-refractivity contribution is 7.93. The van der Waals surface area contributed by atoms with Crippen molar-refractivity contribution >= 4 is 27.3 Å². The molecule has 0 N–H and O–H groups in total. The topological polar surface area (TPSA) is 46.6 Å². The number of benzene rings is 2. The van der Waals surface area contributed by atoms with Crippen LogP contribution in [0.3, 0.4) is 0 Å². The average molecular weight is 352 g/mol. The fourth-order valence-electron chi connectivity index (χ4n) is 2.83. The first kappa shape index (κ1) is 16.1. The lowest BCUT2D eigenvalue weighted by atomic mass is 10.0. The summed E-state index contributed by atoms with van der Waals surface area (Å²) in [4.78, 5) is 0.114. The van der Waals surface area contributed by atoms with Crippen molar-refractivity contribution in [1.82, 2.24) is 0 Å². The highest BCUT2D eigenvalue weighted by Crippen LogP contribution is 2.36. The zero-order chi connectivity index (χ0) is 16.4. The molecule has 6 heteroatoms. The molecule has 0 amide bonds. The van der Waals surface area contributed by atoms with Crippen molar-refractivity contribution in [1.29, 1.82) is 0 Å². The molecule has 0 unspecified atom stereocenters. The molecule has 0 spiro atoms. The molecule has 4 nitrogen and oxygen atoms in total. The van der Waals surface area contributed by atoms with Crippen molar-refractivity contribution in [2.24, 2.45) is 0 Å². The second-order valence-electron chi connectivity index (χ2n) is 5.33. The van der Waals surface area contributed by atoms with Crippen LogP contribution in [0, 0.1) is 0 Å². The van der Waals surface area contributed by atoms with E-state index in [1.165, 1.54) is 10.4 Å². The number of hydrogen-bond acceptors (Lipinski definition) is 3. The summed E-state index contributed by atoms with van der Waals surface area (Å²) in [6.45, 7) is 2.67. The van der Waals surface area contributed by atoms with Crippen LogP contribution in [0.1, 0.15) is 18.9 Å². The SMILES string of the molecule is CCOc1ccc(Cl)cc1S(=O)(=O)N1CCCc2ccccc21. The van der Waals surface area contributed by atoms with Crippen LogP contribution in [0.25, 0.3) is 0 Å². The third-order valence-corrected chi connectivity index (χ3v) is 5.91. The number of sulfonamides is 1. The Bertz CT molecular complexity index is 820. The van der Waals surface area contributed by atoms with Gasteiger partial charge < -0.3 is 4.74 Å². The minimum Gasteiger partial charge on any atom is -0.492 e. The Morgan fingerprint density at radius 2 is 2.00 bits per heavy atom. The lowest BCUT2D eigenvalue weighted by Gasteiger charge is -2.31. The molecule has 2 aromatic carbocycles. The summed E-state index contributed by atoms with van der Waals surface area (Å²) < 4.78 is 33.3. The number of para-hydroxylation sites is 1. The molecule has 122 valence electrons. The van der Waals surface area contributed by atoms with Crippen LogP contribution in [-0.4, -0.2) is 21.6 Å². The van der Waals surface area contributed by atoms with Crippen LogP contribution in [-0.2, 0) is 16.4 Å². The Hall–Kier alpha value is -1.72. The van der Waals surface area contributed by atoms with Gasteiger partial charge in [0.25, 0.3) is 10.0 Å². The molecule has 0 radical (unpaired) electrons. The van der Waals surface area contributed by atoms with Crippen molar-refractivity contribution in [3.8, 4) is 5.75 Å². The van der Waals surface area contributed by atoms with Crippen LogP contribution in [0.5, 0.6) is 5.75 Å². The summed E-state index contributed by atoms with van der Waals surface area (Å²) in [6, 6.07) is 12.3. The Balaban J connectivity index is 2.12. The van der Waals surface area contributed by atoms with Gasteiger partial charge in [0, 0.05) is 11.6 Å². The number of anilines is 1. The maximum atomic E-state index is 13.2. The van der Waals surface area contributed by atoms with Crippen LogP contribution >= 0.6 is 11.6 Å². The van der Waals surface area contributed by atoms with Gasteiger partial charge in [0.05, 0.1) is 12.3 Å². The number of rotatable bonds is 4. The number of aryl methyl sites for hydroxylation is 1. The summed E-state index contributed by atoms with van der Waals surface area (Å²) >= 11 is 6.02. The zero-order valence-electron chi connectivity index (χ0n) is 12.8. The van der Waals surface area contributed by atoms with Gasteiger partial charge in [-0.1, -0.05) is 29.8 Å². The predicted octanol–water partition coefficient (Wildman–Crippen LogP) is 3.88. The molecule has 0 atom stereocenters. The van der Waals surface area contributed by atoms with E-state index in [-0.39, 0.29) is 4.90 Å². The summed E-state index contributed by atoms with van der Waals surface area (Å²) in [7, 11) is -3.73. The fourth-order valence-corrected chi connectivity index (χ4v) is 4.76. The van der Waals surface area contributed by atoms with E-state index in [1.54, 1.807) is 12.1 Å². The minimum absolute atomic E-state index is 0.114. The molecule has 2 aromatic rings. The third kappa shape index (κ3) is 3.03. The first-order valence-corrected chi connectivity index (χ1v) is 9.39. The quantitative estimate of drug-likeness (QED) is 0.839. The molecule has 1 heterocycles. The standard InChI is InChI=1S/C17H18ClNO3S/c1-2-22-16-10-9-14(18)12-17(16)23(20,21)19-11-5-7-13-6-3-4-8-15(13)19/h3-4,6,8-10,12H,2,5,7,11H2,1H3. The molecule has 0 fully saturated rings. The van der Waals surface area contributed by atoms with Crippen molar-refractivity contribution in [3.63, 3.8) is 0 Å². The van der Waals surface area contributed by atoms with Crippen molar-refractivity contribution < 1.29 is 13.2 Å². The van der Waals surface area contributed by atoms with Crippen molar-refractivity contribution in [2.45, 2.75) is 24.7 Å². The lowest BCUT2D eigenvalue weighted by molar-refractivity contribution is 0.331. The van der Waals surface area contributed by atoms with Crippen LogP contribution in [0.4, 0.5) is 5.69 Å². The molecule has 23 heavy (non-hydrogen) atoms. The number of ether oxygens (including phenoxy) is 1. The monoisotopic (exact) mass is 351 g/mol. The van der Waals surface area contributed by atoms with Gasteiger partial charge in [0.1, 0.15) is 10.6 Å². The van der Waals surface area contributed by atoms with Crippen molar-refractivity contribution in [2.75, 3.05) is 17.5 Å². The zero-order valence-corrected chi connectivity index (χ0v) is 14.4. The van der Waals surface area contributed by atoms with E-state index in [4.69, 9.17) is 16.3 Å². The van der Waals surface area contributed by atoms with E-state index in [9.17, 15) is 8.42 Å². The van der Waals surface area contributed by atoms with E-state index in [0.29, 0.717) is 23.9 Å².